The van der Waals surface area contributed by atoms with E-state index in [1.54, 1.807) is 30.9 Å². The standard InChI is InChI=1S/C21H26N4O7/c1-3-29-20(27)19-18(13-9-15-16(32-12-31-15)10-14(13)22-19)23-17(26)11-24-5-7-25(8-6-24)21(28)30-4-2/h9-10,22H,3-8,11-12H2,1-2H3,(H,23,26). The predicted octanol–water partition coefficient (Wildman–Crippen LogP) is 1.79. The van der Waals surface area contributed by atoms with Gasteiger partial charge in [-0.3, -0.25) is 9.69 Å². The number of fused-ring (bicyclic) bond motifs is 2. The summed E-state index contributed by atoms with van der Waals surface area (Å²) in [7, 11) is 0. The highest BCUT2D eigenvalue weighted by molar-refractivity contribution is 6.11. The fourth-order valence-electron chi connectivity index (χ4n) is 3.76. The number of rotatable bonds is 6. The molecule has 1 aromatic heterocycles. The summed E-state index contributed by atoms with van der Waals surface area (Å²) in [5.74, 6) is 0.256. The van der Waals surface area contributed by atoms with E-state index < -0.39 is 5.97 Å². The number of hydrogen-bond donors (Lipinski definition) is 2. The van der Waals surface area contributed by atoms with E-state index in [1.807, 2.05) is 4.90 Å². The number of aromatic nitrogens is 1. The van der Waals surface area contributed by atoms with Gasteiger partial charge in [-0.1, -0.05) is 0 Å². The van der Waals surface area contributed by atoms with Crippen LogP contribution in [-0.2, 0) is 14.3 Å². The molecule has 0 aliphatic carbocycles. The molecule has 2 aliphatic rings. The van der Waals surface area contributed by atoms with E-state index in [1.165, 1.54) is 0 Å². The zero-order valence-electron chi connectivity index (χ0n) is 18.1. The van der Waals surface area contributed by atoms with Gasteiger partial charge in [0, 0.05) is 37.6 Å². The maximum absolute atomic E-state index is 12.8. The van der Waals surface area contributed by atoms with Crippen LogP contribution in [0.5, 0.6) is 11.5 Å². The first-order chi connectivity index (χ1) is 15.5. The number of benzene rings is 1. The highest BCUT2D eigenvalue weighted by Crippen LogP contribution is 2.40. The monoisotopic (exact) mass is 446 g/mol. The third kappa shape index (κ3) is 4.42. The molecule has 2 amide bonds. The summed E-state index contributed by atoms with van der Waals surface area (Å²) in [6.07, 6.45) is -0.340. The third-order valence-electron chi connectivity index (χ3n) is 5.30. The smallest absolute Gasteiger partial charge is 0.409 e. The largest absolute Gasteiger partial charge is 0.461 e. The molecule has 0 atom stereocenters. The van der Waals surface area contributed by atoms with Gasteiger partial charge in [0.1, 0.15) is 5.69 Å². The average Bonchev–Trinajstić information content (AvgIpc) is 3.37. The summed E-state index contributed by atoms with van der Waals surface area (Å²) >= 11 is 0. The lowest BCUT2D eigenvalue weighted by Gasteiger charge is -2.33. The van der Waals surface area contributed by atoms with Gasteiger partial charge >= 0.3 is 12.1 Å². The zero-order valence-corrected chi connectivity index (χ0v) is 18.1. The lowest BCUT2D eigenvalue weighted by atomic mass is 10.2. The first kappa shape index (κ1) is 21.8. The molecule has 2 N–H and O–H groups in total. The van der Waals surface area contributed by atoms with Gasteiger partial charge in [0.15, 0.2) is 11.5 Å². The number of nitrogens with zero attached hydrogens (tertiary/aromatic N) is 2. The number of carbonyl (C=O) groups is 3. The predicted molar refractivity (Wildman–Crippen MR) is 114 cm³/mol. The molecule has 3 heterocycles. The fraction of sp³-hybridized carbons (Fsp3) is 0.476. The number of piperazine rings is 1. The van der Waals surface area contributed by atoms with E-state index in [0.717, 1.165) is 0 Å². The molecule has 2 aromatic rings. The van der Waals surface area contributed by atoms with Gasteiger partial charge in [0.2, 0.25) is 12.7 Å². The Balaban J connectivity index is 1.48. The van der Waals surface area contributed by atoms with Gasteiger partial charge in [0.25, 0.3) is 0 Å². The van der Waals surface area contributed by atoms with Crippen LogP contribution in [0.1, 0.15) is 24.3 Å². The summed E-state index contributed by atoms with van der Waals surface area (Å²) in [5.41, 5.74) is 1.12. The van der Waals surface area contributed by atoms with Crippen molar-refractivity contribution in [3.05, 3.63) is 17.8 Å². The number of hydrogen-bond acceptors (Lipinski definition) is 8. The zero-order chi connectivity index (χ0) is 22.7. The second kappa shape index (κ2) is 9.35. The topological polar surface area (TPSA) is 122 Å². The molecule has 32 heavy (non-hydrogen) atoms. The van der Waals surface area contributed by atoms with Gasteiger partial charge in [-0.05, 0) is 19.9 Å². The van der Waals surface area contributed by atoms with Crippen molar-refractivity contribution in [2.24, 2.45) is 0 Å². The molecule has 1 fully saturated rings. The van der Waals surface area contributed by atoms with Gasteiger partial charge in [-0.15, -0.1) is 0 Å². The van der Waals surface area contributed by atoms with E-state index in [4.69, 9.17) is 18.9 Å². The van der Waals surface area contributed by atoms with Crippen LogP contribution >= 0.6 is 0 Å². The number of carbonyl (C=O) groups excluding carboxylic acids is 3. The summed E-state index contributed by atoms with van der Waals surface area (Å²) in [6.45, 7) is 6.30. The molecule has 172 valence electrons. The molecule has 1 saturated heterocycles. The Morgan fingerprint density at radius 1 is 1.03 bits per heavy atom. The highest BCUT2D eigenvalue weighted by Gasteiger charge is 2.26. The number of esters is 1. The van der Waals surface area contributed by atoms with Gasteiger partial charge in [-0.25, -0.2) is 9.59 Å². The lowest BCUT2D eigenvalue weighted by Crippen LogP contribution is -2.50. The number of ether oxygens (including phenoxy) is 4. The average molecular weight is 446 g/mol. The molecular weight excluding hydrogens is 420 g/mol. The van der Waals surface area contributed by atoms with E-state index in [2.05, 4.69) is 10.3 Å². The second-order valence-corrected chi connectivity index (χ2v) is 7.36. The molecule has 0 bridgehead atoms. The van der Waals surface area contributed by atoms with Crippen LogP contribution in [0, 0.1) is 0 Å². The van der Waals surface area contributed by atoms with Crippen LogP contribution in [0.3, 0.4) is 0 Å². The van der Waals surface area contributed by atoms with Gasteiger partial charge in [0.05, 0.1) is 31.0 Å². The molecule has 0 spiro atoms. The molecular formula is C21H26N4O7. The lowest BCUT2D eigenvalue weighted by molar-refractivity contribution is -0.117. The number of H-pyrrole nitrogens is 1. The summed E-state index contributed by atoms with van der Waals surface area (Å²) in [6, 6.07) is 3.45. The number of nitrogens with one attached hydrogen (secondary N) is 2. The molecule has 11 nitrogen and oxygen atoms in total. The van der Waals surface area contributed by atoms with Crippen LogP contribution in [0.4, 0.5) is 10.5 Å². The molecule has 1 aromatic carbocycles. The second-order valence-electron chi connectivity index (χ2n) is 7.36. The van der Waals surface area contributed by atoms with Crippen molar-refractivity contribution >= 4 is 34.6 Å². The van der Waals surface area contributed by atoms with Crippen molar-refractivity contribution in [1.82, 2.24) is 14.8 Å². The van der Waals surface area contributed by atoms with Crippen molar-refractivity contribution in [1.29, 1.82) is 0 Å². The maximum Gasteiger partial charge on any atom is 0.409 e. The van der Waals surface area contributed by atoms with E-state index in [-0.39, 0.29) is 37.6 Å². The van der Waals surface area contributed by atoms with E-state index in [0.29, 0.717) is 60.9 Å². The quantitative estimate of drug-likeness (QED) is 0.644. The molecule has 0 radical (unpaired) electrons. The third-order valence-corrected chi connectivity index (χ3v) is 5.30. The van der Waals surface area contributed by atoms with Crippen molar-refractivity contribution < 1.29 is 33.3 Å². The first-order valence-corrected chi connectivity index (χ1v) is 10.6. The number of aromatic amines is 1. The van der Waals surface area contributed by atoms with Crippen LogP contribution in [0.25, 0.3) is 10.9 Å². The van der Waals surface area contributed by atoms with Gasteiger partial charge < -0.3 is 34.1 Å². The Morgan fingerprint density at radius 3 is 2.41 bits per heavy atom. The molecule has 4 rings (SSSR count). The summed E-state index contributed by atoms with van der Waals surface area (Å²) in [5, 5.41) is 3.47. The maximum atomic E-state index is 12.8. The van der Waals surface area contributed by atoms with Crippen LogP contribution < -0.4 is 14.8 Å². The summed E-state index contributed by atoms with van der Waals surface area (Å²) < 4.78 is 21.0. The van der Waals surface area contributed by atoms with E-state index in [9.17, 15) is 14.4 Å². The van der Waals surface area contributed by atoms with Crippen molar-refractivity contribution in [2.45, 2.75) is 13.8 Å². The minimum Gasteiger partial charge on any atom is -0.461 e. The van der Waals surface area contributed by atoms with Crippen LogP contribution in [0.2, 0.25) is 0 Å². The van der Waals surface area contributed by atoms with E-state index >= 15 is 0 Å². The van der Waals surface area contributed by atoms with Gasteiger partial charge in [-0.2, -0.15) is 0 Å². The minimum absolute atomic E-state index is 0.117. The molecule has 0 unspecified atom stereocenters. The minimum atomic E-state index is -0.566. The Hall–Kier alpha value is -3.47. The normalized spacial score (nSPS) is 15.6. The fourth-order valence-corrected chi connectivity index (χ4v) is 3.76. The number of amides is 2. The molecule has 2 aliphatic heterocycles. The Kier molecular flexibility index (Phi) is 6.35. The first-order valence-electron chi connectivity index (χ1n) is 10.6. The van der Waals surface area contributed by atoms with Crippen molar-refractivity contribution in [2.75, 3.05) is 58.0 Å². The summed E-state index contributed by atoms with van der Waals surface area (Å²) in [4.78, 5) is 43.7. The molecule has 11 heteroatoms. The Bertz CT molecular complexity index is 1030. The number of anilines is 1. The van der Waals surface area contributed by atoms with Crippen LogP contribution in [-0.4, -0.2) is 85.5 Å². The van der Waals surface area contributed by atoms with Crippen LogP contribution in [0.15, 0.2) is 12.1 Å². The highest BCUT2D eigenvalue weighted by atomic mass is 16.7. The Morgan fingerprint density at radius 2 is 1.72 bits per heavy atom. The van der Waals surface area contributed by atoms with Crippen molar-refractivity contribution in [3.8, 4) is 11.5 Å². The molecule has 0 saturated carbocycles. The Labute approximate surface area is 184 Å². The van der Waals surface area contributed by atoms with Crippen molar-refractivity contribution in [3.63, 3.8) is 0 Å². The SMILES string of the molecule is CCOC(=O)c1[nH]c2cc3c(cc2c1NC(=O)CN1CCN(C(=O)OCC)CC1)OCO3.